The minimum Gasteiger partial charge on any atom is -0.393 e. The van der Waals surface area contributed by atoms with E-state index in [9.17, 15) is 13.5 Å². The summed E-state index contributed by atoms with van der Waals surface area (Å²) in [4.78, 5) is 0.351. The number of rotatable bonds is 5. The maximum atomic E-state index is 12.3. The van der Waals surface area contributed by atoms with Gasteiger partial charge in [0.2, 0.25) is 0 Å². The number of allylic oxidation sites excluding steroid dienone is 4. The fourth-order valence-electron chi connectivity index (χ4n) is 3.43. The van der Waals surface area contributed by atoms with Gasteiger partial charge in [-0.05, 0) is 49.8 Å². The van der Waals surface area contributed by atoms with Crippen molar-refractivity contribution >= 4 is 9.84 Å². The van der Waals surface area contributed by atoms with E-state index >= 15 is 0 Å². The summed E-state index contributed by atoms with van der Waals surface area (Å²) >= 11 is 0. The van der Waals surface area contributed by atoms with E-state index in [1.807, 2.05) is 19.1 Å². The van der Waals surface area contributed by atoms with Crippen LogP contribution in [0.15, 0.2) is 70.2 Å². The molecule has 0 heterocycles. The van der Waals surface area contributed by atoms with Crippen molar-refractivity contribution in [1.82, 2.24) is 0 Å². The van der Waals surface area contributed by atoms with Crippen molar-refractivity contribution in [3.8, 4) is 0 Å². The van der Waals surface area contributed by atoms with Gasteiger partial charge in [0.1, 0.15) is 0 Å². The number of aliphatic hydroxyl groups excluding tert-OH is 1. The molecule has 1 aromatic carbocycles. The van der Waals surface area contributed by atoms with Crippen LogP contribution in [0.3, 0.4) is 0 Å². The van der Waals surface area contributed by atoms with E-state index in [2.05, 4.69) is 26.8 Å². The highest BCUT2D eigenvalue weighted by Gasteiger charge is 2.31. The molecule has 0 spiro atoms. The van der Waals surface area contributed by atoms with Crippen molar-refractivity contribution in [3.05, 3.63) is 65.3 Å². The quantitative estimate of drug-likeness (QED) is 0.789. The van der Waals surface area contributed by atoms with Crippen molar-refractivity contribution in [2.75, 3.05) is 5.75 Å². The Kier molecular flexibility index (Phi) is 6.07. The zero-order chi connectivity index (χ0) is 18.7. The number of benzene rings is 1. The molecule has 1 aliphatic carbocycles. The SMILES string of the molecule is CC1=C(/C=C/C(C)=C/CS(=O)(=O)c2ccccc2)C(C)(C)C[C@H](O)C1. The first-order chi connectivity index (χ1) is 11.6. The highest BCUT2D eigenvalue weighted by atomic mass is 32.2. The van der Waals surface area contributed by atoms with Crippen LogP contribution >= 0.6 is 0 Å². The van der Waals surface area contributed by atoms with Crippen LogP contribution in [0.2, 0.25) is 0 Å². The third kappa shape index (κ3) is 5.16. The van der Waals surface area contributed by atoms with Crippen LogP contribution in [0.4, 0.5) is 0 Å². The third-order valence-corrected chi connectivity index (χ3v) is 6.31. The van der Waals surface area contributed by atoms with Gasteiger partial charge >= 0.3 is 0 Å². The maximum absolute atomic E-state index is 12.3. The molecule has 0 aromatic heterocycles. The van der Waals surface area contributed by atoms with Gasteiger partial charge in [0.25, 0.3) is 0 Å². The molecule has 0 fully saturated rings. The second-order valence-corrected chi connectivity index (χ2v) is 9.55. The van der Waals surface area contributed by atoms with E-state index in [1.165, 1.54) is 11.1 Å². The molecule has 0 bridgehead atoms. The molecular weight excluding hydrogens is 332 g/mol. The monoisotopic (exact) mass is 360 g/mol. The van der Waals surface area contributed by atoms with E-state index in [1.54, 1.807) is 30.3 Å². The van der Waals surface area contributed by atoms with Crippen molar-refractivity contribution in [1.29, 1.82) is 0 Å². The second kappa shape index (κ2) is 7.71. The van der Waals surface area contributed by atoms with Crippen LogP contribution in [0.25, 0.3) is 0 Å². The Morgan fingerprint density at radius 1 is 1.28 bits per heavy atom. The molecule has 0 amide bonds. The van der Waals surface area contributed by atoms with E-state index in [4.69, 9.17) is 0 Å². The van der Waals surface area contributed by atoms with Crippen LogP contribution in [0.1, 0.15) is 40.5 Å². The largest absolute Gasteiger partial charge is 0.393 e. The van der Waals surface area contributed by atoms with Crippen molar-refractivity contribution in [2.45, 2.75) is 51.5 Å². The summed E-state index contributed by atoms with van der Waals surface area (Å²) in [5, 5.41) is 9.96. The van der Waals surface area contributed by atoms with Gasteiger partial charge in [-0.15, -0.1) is 0 Å². The van der Waals surface area contributed by atoms with E-state index in [-0.39, 0.29) is 17.3 Å². The molecule has 2 rings (SSSR count). The van der Waals surface area contributed by atoms with Gasteiger partial charge in [-0.25, -0.2) is 8.42 Å². The first-order valence-electron chi connectivity index (χ1n) is 8.63. The van der Waals surface area contributed by atoms with E-state index < -0.39 is 9.84 Å². The smallest absolute Gasteiger partial charge is 0.181 e. The molecule has 4 heteroatoms. The lowest BCUT2D eigenvalue weighted by molar-refractivity contribution is 0.116. The van der Waals surface area contributed by atoms with Gasteiger partial charge < -0.3 is 5.11 Å². The van der Waals surface area contributed by atoms with Crippen LogP contribution in [-0.4, -0.2) is 25.4 Å². The fraction of sp³-hybridized carbons (Fsp3) is 0.429. The second-order valence-electron chi connectivity index (χ2n) is 7.52. The predicted molar refractivity (Wildman–Crippen MR) is 103 cm³/mol. The van der Waals surface area contributed by atoms with E-state index in [0.717, 1.165) is 12.0 Å². The van der Waals surface area contributed by atoms with Gasteiger partial charge in [-0.3, -0.25) is 0 Å². The maximum Gasteiger partial charge on any atom is 0.181 e. The summed E-state index contributed by atoms with van der Waals surface area (Å²) in [5.74, 6) is -0.00662. The van der Waals surface area contributed by atoms with Crippen LogP contribution in [0, 0.1) is 5.41 Å². The zero-order valence-electron chi connectivity index (χ0n) is 15.5. The molecule has 0 unspecified atom stereocenters. The Hall–Kier alpha value is -1.65. The molecule has 0 saturated carbocycles. The molecule has 136 valence electrons. The summed E-state index contributed by atoms with van der Waals surface area (Å²) < 4.78 is 24.7. The van der Waals surface area contributed by atoms with Crippen LogP contribution in [-0.2, 0) is 9.84 Å². The van der Waals surface area contributed by atoms with Gasteiger partial charge in [-0.2, -0.15) is 0 Å². The van der Waals surface area contributed by atoms with Crippen molar-refractivity contribution in [2.24, 2.45) is 5.41 Å². The average Bonchev–Trinajstić information content (AvgIpc) is 2.52. The lowest BCUT2D eigenvalue weighted by atomic mass is 9.71. The Bertz CT molecular complexity index is 797. The predicted octanol–water partition coefficient (Wildman–Crippen LogP) is 4.46. The van der Waals surface area contributed by atoms with Gasteiger partial charge in [0, 0.05) is 0 Å². The summed E-state index contributed by atoms with van der Waals surface area (Å²) in [6.07, 6.45) is 6.96. The minimum absolute atomic E-state index is 0.00662. The number of sulfone groups is 1. The van der Waals surface area contributed by atoms with E-state index in [0.29, 0.717) is 11.3 Å². The molecule has 25 heavy (non-hydrogen) atoms. The standard InChI is InChI=1S/C21H28O3S/c1-16(12-13-25(23,24)19-8-6-5-7-9-19)10-11-20-17(2)14-18(22)15-21(20,3)4/h5-12,18,22H,13-15H2,1-4H3/b11-10+,16-12+/t18-/m1/s1. The molecule has 0 aliphatic heterocycles. The summed E-state index contributed by atoms with van der Waals surface area (Å²) in [7, 11) is -3.29. The van der Waals surface area contributed by atoms with Gasteiger partial charge in [-0.1, -0.05) is 61.4 Å². The first-order valence-corrected chi connectivity index (χ1v) is 10.3. The molecule has 0 saturated heterocycles. The first kappa shape index (κ1) is 19.7. The van der Waals surface area contributed by atoms with Gasteiger partial charge in [0.15, 0.2) is 9.84 Å². The summed E-state index contributed by atoms with van der Waals surface area (Å²) in [6, 6.07) is 8.52. The van der Waals surface area contributed by atoms with Gasteiger partial charge in [0.05, 0.1) is 16.8 Å². The molecule has 1 aliphatic rings. The highest BCUT2D eigenvalue weighted by molar-refractivity contribution is 7.91. The molecule has 3 nitrogen and oxygen atoms in total. The normalized spacial score (nSPS) is 21.8. The Labute approximate surface area is 151 Å². The van der Waals surface area contributed by atoms with Crippen LogP contribution in [0.5, 0.6) is 0 Å². The number of aliphatic hydroxyl groups is 1. The third-order valence-electron chi connectivity index (χ3n) is 4.72. The highest BCUT2D eigenvalue weighted by Crippen LogP contribution is 2.41. The lowest BCUT2D eigenvalue weighted by Crippen LogP contribution is -2.28. The lowest BCUT2D eigenvalue weighted by Gasteiger charge is -2.35. The Morgan fingerprint density at radius 2 is 1.92 bits per heavy atom. The molecule has 1 atom stereocenters. The Morgan fingerprint density at radius 3 is 2.52 bits per heavy atom. The number of hydrogen-bond acceptors (Lipinski definition) is 3. The van der Waals surface area contributed by atoms with Crippen molar-refractivity contribution < 1.29 is 13.5 Å². The van der Waals surface area contributed by atoms with Crippen molar-refractivity contribution in [3.63, 3.8) is 0 Å². The zero-order valence-corrected chi connectivity index (χ0v) is 16.3. The molecular formula is C21H28O3S. The molecule has 0 radical (unpaired) electrons. The Balaban J connectivity index is 2.14. The number of hydrogen-bond donors (Lipinski definition) is 1. The summed E-state index contributed by atoms with van der Waals surface area (Å²) in [6.45, 7) is 8.25. The fourth-order valence-corrected chi connectivity index (χ4v) is 4.67. The van der Waals surface area contributed by atoms with Crippen LogP contribution < -0.4 is 0 Å². The summed E-state index contributed by atoms with van der Waals surface area (Å²) in [5.41, 5.74) is 3.28. The minimum atomic E-state index is -3.29. The topological polar surface area (TPSA) is 54.4 Å². The molecule has 1 aromatic rings. The molecule has 1 N–H and O–H groups in total. The average molecular weight is 361 g/mol.